The second kappa shape index (κ2) is 9.62. The molecule has 0 fully saturated rings. The Morgan fingerprint density at radius 1 is 0.865 bits per heavy atom. The number of rotatable bonds is 5. The van der Waals surface area contributed by atoms with Crippen LogP contribution >= 0.6 is 0 Å². The third kappa shape index (κ3) is 5.75. The third-order valence-corrected chi connectivity index (χ3v) is 6.99. The van der Waals surface area contributed by atoms with Crippen molar-refractivity contribution in [1.29, 1.82) is 0 Å². The topological polar surface area (TPSA) is 109 Å². The summed E-state index contributed by atoms with van der Waals surface area (Å²) in [6.45, 7) is 3.00. The second-order valence-electron chi connectivity index (χ2n) is 8.22. The first-order valence-electron chi connectivity index (χ1n) is 10.8. The number of halogens is 3. The Morgan fingerprint density at radius 3 is 2.22 bits per heavy atom. The van der Waals surface area contributed by atoms with Crippen LogP contribution in [0.15, 0.2) is 77.8 Å². The van der Waals surface area contributed by atoms with Crippen molar-refractivity contribution >= 4 is 49.9 Å². The maximum atomic E-state index is 13.1. The summed E-state index contributed by atoms with van der Waals surface area (Å²) in [7, 11) is -4.08. The summed E-state index contributed by atoms with van der Waals surface area (Å²) in [5.74, 6) is -0.180. The van der Waals surface area contributed by atoms with Gasteiger partial charge in [0.2, 0.25) is 5.91 Å². The van der Waals surface area contributed by atoms with Gasteiger partial charge >= 0.3 is 12.2 Å². The average molecular weight is 531 g/mol. The number of carbonyl (C=O) groups excluding carboxylic acids is 2. The van der Waals surface area contributed by atoms with Crippen LogP contribution in [0.25, 0.3) is 10.9 Å². The summed E-state index contributed by atoms with van der Waals surface area (Å²) in [5, 5.41) is 5.39. The highest BCUT2D eigenvalue weighted by Gasteiger charge is 2.30. The van der Waals surface area contributed by atoms with E-state index in [2.05, 4.69) is 15.4 Å². The molecule has 1 aromatic heterocycles. The molecule has 1 heterocycles. The van der Waals surface area contributed by atoms with E-state index in [1.807, 2.05) is 0 Å². The Bertz CT molecular complexity index is 1630. The van der Waals surface area contributed by atoms with E-state index in [1.165, 1.54) is 41.8 Å². The van der Waals surface area contributed by atoms with Crippen molar-refractivity contribution in [2.45, 2.75) is 24.9 Å². The van der Waals surface area contributed by atoms with Crippen molar-refractivity contribution < 1.29 is 31.2 Å². The van der Waals surface area contributed by atoms with Gasteiger partial charge in [0.05, 0.1) is 16.0 Å². The van der Waals surface area contributed by atoms with Crippen LogP contribution in [-0.4, -0.2) is 24.9 Å². The van der Waals surface area contributed by atoms with Gasteiger partial charge in [-0.15, -0.1) is 0 Å². The summed E-state index contributed by atoms with van der Waals surface area (Å²) < 4.78 is 68.9. The highest BCUT2D eigenvalue weighted by molar-refractivity contribution is 7.92. The molecular weight excluding hydrogens is 509 g/mol. The lowest BCUT2D eigenvalue weighted by Crippen LogP contribution is -2.20. The number of sulfonamides is 1. The van der Waals surface area contributed by atoms with E-state index in [-0.39, 0.29) is 27.9 Å². The Labute approximate surface area is 210 Å². The minimum Gasteiger partial charge on any atom is -0.308 e. The standard InChI is InChI=1S/C25H21F3N4O4S/c1-15-6-7-20(30-24(34)29-19-5-3-4-18(13-19)25(26,27)28)14-23(15)37(35,36)31-21-8-9-22-17(12-21)10-11-32(22)16(2)33/h3-14,31H,1-2H3,(H2,29,30,34). The zero-order valence-electron chi connectivity index (χ0n) is 19.6. The molecule has 2 amide bonds. The van der Waals surface area contributed by atoms with E-state index in [9.17, 15) is 31.2 Å². The predicted molar refractivity (Wildman–Crippen MR) is 134 cm³/mol. The second-order valence-corrected chi connectivity index (χ2v) is 9.87. The van der Waals surface area contributed by atoms with E-state index < -0.39 is 27.8 Å². The molecule has 0 bridgehead atoms. The number of nitrogens with zero attached hydrogens (tertiary/aromatic N) is 1. The largest absolute Gasteiger partial charge is 0.416 e. The third-order valence-electron chi connectivity index (χ3n) is 5.46. The summed E-state index contributed by atoms with van der Waals surface area (Å²) in [6.07, 6.45) is -2.97. The number of hydrogen-bond donors (Lipinski definition) is 3. The molecule has 3 aromatic carbocycles. The molecule has 0 spiro atoms. The van der Waals surface area contributed by atoms with Gasteiger partial charge in [0.25, 0.3) is 10.0 Å². The highest BCUT2D eigenvalue weighted by Crippen LogP contribution is 2.31. The van der Waals surface area contributed by atoms with Crippen molar-refractivity contribution in [2.24, 2.45) is 0 Å². The van der Waals surface area contributed by atoms with Crippen LogP contribution in [0.5, 0.6) is 0 Å². The average Bonchev–Trinajstić information content (AvgIpc) is 3.23. The van der Waals surface area contributed by atoms with Gasteiger partial charge in [-0.2, -0.15) is 13.2 Å². The molecule has 37 heavy (non-hydrogen) atoms. The number of benzene rings is 3. The molecule has 0 atom stereocenters. The molecule has 0 aliphatic rings. The number of hydrogen-bond acceptors (Lipinski definition) is 4. The molecule has 0 saturated carbocycles. The summed E-state index contributed by atoms with van der Waals surface area (Å²) in [6, 6.07) is 13.9. The van der Waals surface area contributed by atoms with Crippen LogP contribution in [-0.2, 0) is 16.2 Å². The lowest BCUT2D eigenvalue weighted by Gasteiger charge is -2.14. The molecule has 192 valence electrons. The van der Waals surface area contributed by atoms with Crippen molar-refractivity contribution in [2.75, 3.05) is 15.4 Å². The number of alkyl halides is 3. The summed E-state index contributed by atoms with van der Waals surface area (Å²) in [4.78, 5) is 23.9. The molecule has 4 rings (SSSR count). The van der Waals surface area contributed by atoms with E-state index in [0.717, 1.165) is 18.2 Å². The number of aromatic nitrogens is 1. The molecule has 0 unspecified atom stereocenters. The first-order chi connectivity index (χ1) is 17.3. The lowest BCUT2D eigenvalue weighted by atomic mass is 10.2. The number of nitrogens with one attached hydrogen (secondary N) is 3. The first-order valence-corrected chi connectivity index (χ1v) is 12.3. The van der Waals surface area contributed by atoms with Crippen molar-refractivity contribution in [3.05, 3.63) is 84.1 Å². The van der Waals surface area contributed by atoms with Crippen LogP contribution in [0.4, 0.5) is 35.0 Å². The van der Waals surface area contributed by atoms with Crippen molar-refractivity contribution in [3.8, 4) is 0 Å². The Kier molecular flexibility index (Phi) is 6.70. The molecule has 0 radical (unpaired) electrons. The van der Waals surface area contributed by atoms with E-state index >= 15 is 0 Å². The number of anilines is 3. The SMILES string of the molecule is CC(=O)n1ccc2cc(NS(=O)(=O)c3cc(NC(=O)Nc4cccc(C(F)(F)F)c4)ccc3C)ccc21. The van der Waals surface area contributed by atoms with Crippen LogP contribution in [0.3, 0.4) is 0 Å². The van der Waals surface area contributed by atoms with Gasteiger partial charge < -0.3 is 10.6 Å². The number of aryl methyl sites for hydroxylation is 1. The van der Waals surface area contributed by atoms with Gasteiger partial charge in [-0.3, -0.25) is 14.1 Å². The van der Waals surface area contributed by atoms with Crippen LogP contribution in [0, 0.1) is 6.92 Å². The minimum absolute atomic E-state index is 0.0806. The Hall–Kier alpha value is -4.32. The first kappa shape index (κ1) is 25.8. The normalized spacial score (nSPS) is 11.8. The molecule has 0 aliphatic carbocycles. The van der Waals surface area contributed by atoms with Gasteiger partial charge in [0, 0.05) is 35.6 Å². The Balaban J connectivity index is 1.52. The number of urea groups is 1. The maximum Gasteiger partial charge on any atom is 0.416 e. The zero-order chi connectivity index (χ0) is 27.0. The van der Waals surface area contributed by atoms with Gasteiger partial charge in [0.1, 0.15) is 0 Å². The monoisotopic (exact) mass is 530 g/mol. The van der Waals surface area contributed by atoms with E-state index in [1.54, 1.807) is 31.3 Å². The fraction of sp³-hybridized carbons (Fsp3) is 0.120. The van der Waals surface area contributed by atoms with Crippen LogP contribution < -0.4 is 15.4 Å². The van der Waals surface area contributed by atoms with Crippen LogP contribution in [0.2, 0.25) is 0 Å². The number of amides is 2. The van der Waals surface area contributed by atoms with E-state index in [4.69, 9.17) is 0 Å². The molecular formula is C25H21F3N4O4S. The smallest absolute Gasteiger partial charge is 0.308 e. The Morgan fingerprint density at radius 2 is 1.54 bits per heavy atom. The lowest BCUT2D eigenvalue weighted by molar-refractivity contribution is -0.137. The highest BCUT2D eigenvalue weighted by atomic mass is 32.2. The van der Waals surface area contributed by atoms with Crippen molar-refractivity contribution in [3.63, 3.8) is 0 Å². The predicted octanol–water partition coefficient (Wildman–Crippen LogP) is 6.07. The molecule has 4 aromatic rings. The number of fused-ring (bicyclic) bond motifs is 1. The van der Waals surface area contributed by atoms with Gasteiger partial charge in [-0.25, -0.2) is 13.2 Å². The molecule has 0 saturated heterocycles. The number of carbonyl (C=O) groups is 2. The molecule has 3 N–H and O–H groups in total. The van der Waals surface area contributed by atoms with Crippen LogP contribution in [0.1, 0.15) is 22.8 Å². The van der Waals surface area contributed by atoms with Gasteiger partial charge in [-0.1, -0.05) is 12.1 Å². The fourth-order valence-electron chi connectivity index (χ4n) is 3.72. The molecule has 8 nitrogen and oxygen atoms in total. The minimum atomic E-state index is -4.57. The zero-order valence-corrected chi connectivity index (χ0v) is 20.4. The molecule has 0 aliphatic heterocycles. The fourth-order valence-corrected chi connectivity index (χ4v) is 5.05. The quantitative estimate of drug-likeness (QED) is 0.291. The maximum absolute atomic E-state index is 13.1. The summed E-state index contributed by atoms with van der Waals surface area (Å²) >= 11 is 0. The van der Waals surface area contributed by atoms with E-state index in [0.29, 0.717) is 16.5 Å². The van der Waals surface area contributed by atoms with Gasteiger partial charge in [-0.05, 0) is 67.1 Å². The van der Waals surface area contributed by atoms with Crippen molar-refractivity contribution in [1.82, 2.24) is 4.57 Å². The van der Waals surface area contributed by atoms with Gasteiger partial charge in [0.15, 0.2) is 0 Å². The summed E-state index contributed by atoms with van der Waals surface area (Å²) in [5.41, 5.74) is 0.419. The molecule has 12 heteroatoms.